The van der Waals surface area contributed by atoms with E-state index in [0.717, 1.165) is 5.69 Å². The molecule has 0 atom stereocenters. The molecule has 1 aromatic rings. The fourth-order valence-electron chi connectivity index (χ4n) is 1.55. The molecule has 21 heavy (non-hydrogen) atoms. The van der Waals surface area contributed by atoms with Crippen LogP contribution in [-0.4, -0.2) is 58.7 Å². The maximum Gasteiger partial charge on any atom is 0.241 e. The van der Waals surface area contributed by atoms with E-state index in [1.54, 1.807) is 47.5 Å². The Hall–Kier alpha value is -2.44. The van der Waals surface area contributed by atoms with E-state index in [4.69, 9.17) is 9.47 Å². The molecule has 116 valence electrons. The minimum Gasteiger partial charge on any atom is -0.493 e. The molecular weight excluding hydrogens is 272 g/mol. The van der Waals surface area contributed by atoms with Crippen molar-refractivity contribution in [2.24, 2.45) is 4.99 Å². The van der Waals surface area contributed by atoms with Gasteiger partial charge in [0.2, 0.25) is 5.91 Å². The van der Waals surface area contributed by atoms with Crippen molar-refractivity contribution < 1.29 is 14.3 Å². The second kappa shape index (κ2) is 7.98. The van der Waals surface area contributed by atoms with Gasteiger partial charge in [0.15, 0.2) is 17.5 Å². The van der Waals surface area contributed by atoms with Crippen LogP contribution in [0.3, 0.4) is 0 Å². The van der Waals surface area contributed by atoms with Crippen molar-refractivity contribution in [2.75, 3.05) is 47.2 Å². The first-order chi connectivity index (χ1) is 10.0. The molecule has 7 nitrogen and oxygen atoms in total. The number of aliphatic imine (C=N–C) groups is 1. The predicted octanol–water partition coefficient (Wildman–Crippen LogP) is 0.779. The number of hydrogen-bond acceptors (Lipinski definition) is 4. The Morgan fingerprint density at radius 3 is 2.43 bits per heavy atom. The number of hydrogen-bond donors (Lipinski definition) is 2. The van der Waals surface area contributed by atoms with Crippen molar-refractivity contribution >= 4 is 17.6 Å². The van der Waals surface area contributed by atoms with Crippen molar-refractivity contribution in [1.82, 2.24) is 10.2 Å². The number of methoxy groups -OCH3 is 2. The van der Waals surface area contributed by atoms with E-state index in [1.807, 2.05) is 6.07 Å². The van der Waals surface area contributed by atoms with Crippen LogP contribution in [0.5, 0.6) is 11.5 Å². The van der Waals surface area contributed by atoms with Crippen LogP contribution in [0, 0.1) is 0 Å². The van der Waals surface area contributed by atoms with Crippen LogP contribution >= 0.6 is 0 Å². The first-order valence-electron chi connectivity index (χ1n) is 6.41. The molecule has 0 aliphatic carbocycles. The Morgan fingerprint density at radius 1 is 1.24 bits per heavy atom. The van der Waals surface area contributed by atoms with Gasteiger partial charge in [-0.2, -0.15) is 0 Å². The third-order valence-electron chi connectivity index (χ3n) is 2.78. The third kappa shape index (κ3) is 4.87. The summed E-state index contributed by atoms with van der Waals surface area (Å²) in [6.45, 7) is 0.167. The molecule has 2 N–H and O–H groups in total. The van der Waals surface area contributed by atoms with Gasteiger partial charge in [0.25, 0.3) is 0 Å². The Kier molecular flexibility index (Phi) is 6.32. The van der Waals surface area contributed by atoms with Gasteiger partial charge in [0.1, 0.15) is 0 Å². The first-order valence-corrected chi connectivity index (χ1v) is 6.41. The summed E-state index contributed by atoms with van der Waals surface area (Å²) in [5.74, 6) is 1.72. The topological polar surface area (TPSA) is 75.2 Å². The summed E-state index contributed by atoms with van der Waals surface area (Å²) in [6, 6.07) is 5.42. The Labute approximate surface area is 124 Å². The number of carbonyl (C=O) groups is 1. The first kappa shape index (κ1) is 16.6. The smallest absolute Gasteiger partial charge is 0.241 e. The summed E-state index contributed by atoms with van der Waals surface area (Å²) in [7, 11) is 8.20. The van der Waals surface area contributed by atoms with E-state index >= 15 is 0 Å². The van der Waals surface area contributed by atoms with Crippen molar-refractivity contribution in [1.29, 1.82) is 0 Å². The van der Waals surface area contributed by atoms with Crippen molar-refractivity contribution in [3.63, 3.8) is 0 Å². The summed E-state index contributed by atoms with van der Waals surface area (Å²) in [5, 5.41) is 6.02. The average molecular weight is 294 g/mol. The van der Waals surface area contributed by atoms with Gasteiger partial charge in [-0.05, 0) is 12.1 Å². The molecule has 0 radical (unpaired) electrons. The fourth-order valence-corrected chi connectivity index (χ4v) is 1.55. The van der Waals surface area contributed by atoms with Gasteiger partial charge in [-0.1, -0.05) is 0 Å². The molecule has 0 fully saturated rings. The van der Waals surface area contributed by atoms with E-state index in [1.165, 1.54) is 4.90 Å². The van der Waals surface area contributed by atoms with Gasteiger partial charge >= 0.3 is 0 Å². The number of anilines is 1. The van der Waals surface area contributed by atoms with E-state index in [-0.39, 0.29) is 12.5 Å². The summed E-state index contributed by atoms with van der Waals surface area (Å²) >= 11 is 0. The van der Waals surface area contributed by atoms with Crippen molar-refractivity contribution in [3.05, 3.63) is 18.2 Å². The number of benzene rings is 1. The van der Waals surface area contributed by atoms with Crippen LogP contribution in [-0.2, 0) is 4.79 Å². The van der Waals surface area contributed by atoms with Crippen LogP contribution in [0.2, 0.25) is 0 Å². The SMILES string of the molecule is CN=C(NCC(=O)N(C)C)Nc1ccc(OC)c(OC)c1. The van der Waals surface area contributed by atoms with Crippen LogP contribution in [0.4, 0.5) is 5.69 Å². The minimum absolute atomic E-state index is 0.0368. The van der Waals surface area contributed by atoms with Crippen molar-refractivity contribution in [3.8, 4) is 11.5 Å². The molecule has 1 rings (SSSR count). The molecule has 0 saturated heterocycles. The van der Waals surface area contributed by atoms with E-state index < -0.39 is 0 Å². The highest BCUT2D eigenvalue weighted by atomic mass is 16.5. The predicted molar refractivity (Wildman–Crippen MR) is 83.2 cm³/mol. The molecule has 0 heterocycles. The molecular formula is C14H22N4O3. The number of nitrogens with zero attached hydrogens (tertiary/aromatic N) is 2. The Morgan fingerprint density at radius 2 is 1.90 bits per heavy atom. The van der Waals surface area contributed by atoms with Gasteiger partial charge in [-0.25, -0.2) is 0 Å². The second-order valence-corrected chi connectivity index (χ2v) is 4.41. The highest BCUT2D eigenvalue weighted by molar-refractivity contribution is 5.96. The number of rotatable bonds is 5. The van der Waals surface area contributed by atoms with Crippen LogP contribution in [0.15, 0.2) is 23.2 Å². The zero-order chi connectivity index (χ0) is 15.8. The third-order valence-corrected chi connectivity index (χ3v) is 2.78. The zero-order valence-electron chi connectivity index (χ0n) is 13.1. The molecule has 0 bridgehead atoms. The van der Waals surface area contributed by atoms with Crippen molar-refractivity contribution in [2.45, 2.75) is 0 Å². The standard InChI is InChI=1S/C14H22N4O3/c1-15-14(16-9-13(19)18(2)3)17-10-6-7-11(20-4)12(8-10)21-5/h6-8H,9H2,1-5H3,(H2,15,16,17). The lowest BCUT2D eigenvalue weighted by atomic mass is 10.3. The largest absolute Gasteiger partial charge is 0.493 e. The van der Waals surface area contributed by atoms with Crippen LogP contribution in [0.25, 0.3) is 0 Å². The Bertz CT molecular complexity index is 515. The van der Waals surface area contributed by atoms with Crippen LogP contribution < -0.4 is 20.1 Å². The van der Waals surface area contributed by atoms with Gasteiger partial charge in [-0.3, -0.25) is 9.79 Å². The number of carbonyl (C=O) groups excluding carboxylic acids is 1. The number of ether oxygens (including phenoxy) is 2. The molecule has 1 amide bonds. The number of nitrogens with one attached hydrogen (secondary N) is 2. The average Bonchev–Trinajstić information content (AvgIpc) is 2.50. The zero-order valence-corrected chi connectivity index (χ0v) is 13.1. The molecule has 0 spiro atoms. The lowest BCUT2D eigenvalue weighted by molar-refractivity contribution is -0.127. The van der Waals surface area contributed by atoms with Gasteiger partial charge < -0.3 is 25.0 Å². The number of likely N-dealkylation sites (N-methyl/N-ethyl adjacent to an activating group) is 1. The molecule has 0 saturated carbocycles. The normalized spacial score (nSPS) is 10.8. The molecule has 0 aliphatic heterocycles. The fraction of sp³-hybridized carbons (Fsp3) is 0.429. The summed E-state index contributed by atoms with van der Waals surface area (Å²) in [5.41, 5.74) is 0.776. The number of amides is 1. The molecule has 0 unspecified atom stereocenters. The molecule has 0 aromatic heterocycles. The highest BCUT2D eigenvalue weighted by Gasteiger charge is 2.08. The van der Waals surface area contributed by atoms with E-state index in [9.17, 15) is 4.79 Å². The quantitative estimate of drug-likeness (QED) is 0.620. The Balaban J connectivity index is 2.72. The lowest BCUT2D eigenvalue weighted by Crippen LogP contribution is -2.39. The molecule has 0 aliphatic rings. The minimum atomic E-state index is -0.0368. The monoisotopic (exact) mass is 294 g/mol. The lowest BCUT2D eigenvalue weighted by Gasteiger charge is -2.15. The van der Waals surface area contributed by atoms with Gasteiger partial charge in [0.05, 0.1) is 20.8 Å². The van der Waals surface area contributed by atoms with Gasteiger partial charge in [0, 0.05) is 32.9 Å². The van der Waals surface area contributed by atoms with Gasteiger partial charge in [-0.15, -0.1) is 0 Å². The highest BCUT2D eigenvalue weighted by Crippen LogP contribution is 2.29. The maximum absolute atomic E-state index is 11.5. The van der Waals surface area contributed by atoms with E-state index in [0.29, 0.717) is 17.5 Å². The second-order valence-electron chi connectivity index (χ2n) is 4.41. The summed E-state index contributed by atoms with van der Waals surface area (Å²) < 4.78 is 10.4. The van der Waals surface area contributed by atoms with E-state index in [2.05, 4.69) is 15.6 Å². The molecule has 7 heteroatoms. The molecule has 1 aromatic carbocycles. The summed E-state index contributed by atoms with van der Waals surface area (Å²) in [6.07, 6.45) is 0. The summed E-state index contributed by atoms with van der Waals surface area (Å²) in [4.78, 5) is 17.1. The number of guanidine groups is 1. The van der Waals surface area contributed by atoms with Crippen LogP contribution in [0.1, 0.15) is 0 Å². The maximum atomic E-state index is 11.5.